The second kappa shape index (κ2) is 8.19. The standard InChI is InChI=1S/C22H21N5O3S/c1-3-30-21-20-19(25-22(23)26-21)12-11-18(24-20)15-5-4-6-16(13-15)27-31(28,29)17-9-7-14(2)8-10-17/h4-13,27H,3H2,1-2H3,(H2,23,25,26). The van der Waals surface area contributed by atoms with Gasteiger partial charge in [0, 0.05) is 11.3 Å². The lowest BCUT2D eigenvalue weighted by Crippen LogP contribution is -2.12. The van der Waals surface area contributed by atoms with Crippen LogP contribution >= 0.6 is 0 Å². The van der Waals surface area contributed by atoms with Gasteiger partial charge in [0.1, 0.15) is 0 Å². The van der Waals surface area contributed by atoms with Crippen molar-refractivity contribution in [1.82, 2.24) is 15.0 Å². The molecule has 2 aromatic heterocycles. The Balaban J connectivity index is 1.69. The average molecular weight is 436 g/mol. The first-order valence-corrected chi connectivity index (χ1v) is 11.1. The predicted molar refractivity (Wildman–Crippen MR) is 120 cm³/mol. The summed E-state index contributed by atoms with van der Waals surface area (Å²) in [6, 6.07) is 17.3. The van der Waals surface area contributed by atoms with Crippen molar-refractivity contribution in [3.63, 3.8) is 0 Å². The number of rotatable bonds is 6. The average Bonchev–Trinajstić information content (AvgIpc) is 2.74. The summed E-state index contributed by atoms with van der Waals surface area (Å²) in [7, 11) is -3.71. The van der Waals surface area contributed by atoms with Gasteiger partial charge in [0.25, 0.3) is 10.0 Å². The predicted octanol–water partition coefficient (Wildman–Crippen LogP) is 3.78. The van der Waals surface area contributed by atoms with Crippen molar-refractivity contribution in [3.05, 3.63) is 66.2 Å². The van der Waals surface area contributed by atoms with Gasteiger partial charge in [0.2, 0.25) is 11.8 Å². The monoisotopic (exact) mass is 435 g/mol. The number of fused-ring (bicyclic) bond motifs is 1. The molecule has 0 radical (unpaired) electrons. The zero-order valence-electron chi connectivity index (χ0n) is 17.0. The highest BCUT2D eigenvalue weighted by Crippen LogP contribution is 2.28. The molecule has 158 valence electrons. The fourth-order valence-corrected chi connectivity index (χ4v) is 4.13. The molecule has 2 heterocycles. The summed E-state index contributed by atoms with van der Waals surface area (Å²) in [5.74, 6) is 0.418. The molecule has 3 N–H and O–H groups in total. The Morgan fingerprint density at radius 1 is 1.00 bits per heavy atom. The lowest BCUT2D eigenvalue weighted by molar-refractivity contribution is 0.330. The number of anilines is 2. The summed E-state index contributed by atoms with van der Waals surface area (Å²) in [5, 5.41) is 0. The van der Waals surface area contributed by atoms with Crippen LogP contribution in [0.5, 0.6) is 5.88 Å². The Kier molecular flexibility index (Phi) is 5.43. The summed E-state index contributed by atoms with van der Waals surface area (Å²) < 4.78 is 33.6. The maximum Gasteiger partial charge on any atom is 0.261 e. The highest BCUT2D eigenvalue weighted by atomic mass is 32.2. The summed E-state index contributed by atoms with van der Waals surface area (Å²) in [6.07, 6.45) is 0. The Morgan fingerprint density at radius 3 is 2.52 bits per heavy atom. The van der Waals surface area contributed by atoms with E-state index in [4.69, 9.17) is 10.5 Å². The number of nitrogens with two attached hydrogens (primary N) is 1. The minimum absolute atomic E-state index is 0.109. The van der Waals surface area contributed by atoms with Gasteiger partial charge in [-0.2, -0.15) is 4.98 Å². The Hall–Kier alpha value is -3.72. The lowest BCUT2D eigenvalue weighted by Gasteiger charge is -2.11. The van der Waals surface area contributed by atoms with E-state index in [2.05, 4.69) is 19.7 Å². The van der Waals surface area contributed by atoms with E-state index >= 15 is 0 Å². The van der Waals surface area contributed by atoms with Crippen molar-refractivity contribution in [2.45, 2.75) is 18.7 Å². The van der Waals surface area contributed by atoms with Crippen LogP contribution in [0.2, 0.25) is 0 Å². The third-order valence-electron chi connectivity index (χ3n) is 4.55. The molecule has 31 heavy (non-hydrogen) atoms. The number of hydrogen-bond acceptors (Lipinski definition) is 7. The summed E-state index contributed by atoms with van der Waals surface area (Å²) in [5.41, 5.74) is 9.56. The number of nitrogens with one attached hydrogen (secondary N) is 1. The van der Waals surface area contributed by atoms with Crippen LogP contribution in [-0.4, -0.2) is 30.0 Å². The van der Waals surface area contributed by atoms with Gasteiger partial charge in [0.15, 0.2) is 5.52 Å². The van der Waals surface area contributed by atoms with Crippen LogP contribution in [0.3, 0.4) is 0 Å². The fraction of sp³-hybridized carbons (Fsp3) is 0.136. The quantitative estimate of drug-likeness (QED) is 0.473. The Morgan fingerprint density at radius 2 is 1.77 bits per heavy atom. The fourth-order valence-electron chi connectivity index (χ4n) is 3.08. The van der Waals surface area contributed by atoms with E-state index in [-0.39, 0.29) is 10.8 Å². The van der Waals surface area contributed by atoms with Crippen LogP contribution in [0.25, 0.3) is 22.3 Å². The first-order valence-electron chi connectivity index (χ1n) is 9.63. The van der Waals surface area contributed by atoms with Crippen molar-refractivity contribution < 1.29 is 13.2 Å². The van der Waals surface area contributed by atoms with Crippen molar-refractivity contribution in [2.75, 3.05) is 17.1 Å². The molecule has 0 spiro atoms. The largest absolute Gasteiger partial charge is 0.476 e. The van der Waals surface area contributed by atoms with E-state index in [0.29, 0.717) is 34.9 Å². The molecule has 0 aliphatic heterocycles. The number of ether oxygens (including phenoxy) is 1. The van der Waals surface area contributed by atoms with Gasteiger partial charge >= 0.3 is 0 Å². The summed E-state index contributed by atoms with van der Waals surface area (Å²) in [4.78, 5) is 13.1. The molecule has 4 rings (SSSR count). The van der Waals surface area contributed by atoms with Crippen LogP contribution in [0, 0.1) is 6.92 Å². The smallest absolute Gasteiger partial charge is 0.261 e. The van der Waals surface area contributed by atoms with E-state index in [0.717, 1.165) is 11.1 Å². The Labute approximate surface area is 180 Å². The molecular formula is C22H21N5O3S. The molecular weight excluding hydrogens is 414 g/mol. The first kappa shape index (κ1) is 20.5. The second-order valence-corrected chi connectivity index (χ2v) is 8.57. The molecule has 0 atom stereocenters. The number of benzene rings is 2. The van der Waals surface area contributed by atoms with Crippen molar-refractivity contribution in [1.29, 1.82) is 0 Å². The molecule has 2 aromatic carbocycles. The highest BCUT2D eigenvalue weighted by molar-refractivity contribution is 7.92. The maximum atomic E-state index is 12.7. The van der Waals surface area contributed by atoms with E-state index in [1.54, 1.807) is 54.6 Å². The lowest BCUT2D eigenvalue weighted by atomic mass is 10.1. The zero-order chi connectivity index (χ0) is 22.0. The van der Waals surface area contributed by atoms with E-state index in [1.165, 1.54) is 0 Å². The molecule has 0 saturated heterocycles. The molecule has 0 aliphatic carbocycles. The van der Waals surface area contributed by atoms with Crippen LogP contribution in [0.4, 0.5) is 11.6 Å². The molecule has 0 bridgehead atoms. The maximum absolute atomic E-state index is 12.7. The minimum Gasteiger partial charge on any atom is -0.476 e. The molecule has 0 fully saturated rings. The van der Waals surface area contributed by atoms with Crippen molar-refractivity contribution in [2.24, 2.45) is 0 Å². The van der Waals surface area contributed by atoms with Gasteiger partial charge in [-0.3, -0.25) is 4.72 Å². The van der Waals surface area contributed by atoms with Gasteiger partial charge in [-0.05, 0) is 50.2 Å². The van der Waals surface area contributed by atoms with Gasteiger partial charge < -0.3 is 10.5 Å². The SMILES string of the molecule is CCOc1nc(N)nc2ccc(-c3cccc(NS(=O)(=O)c4ccc(C)cc4)c3)nc12. The molecule has 0 amide bonds. The van der Waals surface area contributed by atoms with Gasteiger partial charge in [-0.25, -0.2) is 18.4 Å². The van der Waals surface area contributed by atoms with Gasteiger partial charge in [0.05, 0.1) is 22.7 Å². The molecule has 0 aliphatic rings. The number of aromatic nitrogens is 3. The summed E-state index contributed by atoms with van der Waals surface area (Å²) >= 11 is 0. The molecule has 0 unspecified atom stereocenters. The van der Waals surface area contributed by atoms with E-state index in [1.807, 2.05) is 19.9 Å². The first-order chi connectivity index (χ1) is 14.9. The van der Waals surface area contributed by atoms with Crippen LogP contribution in [0.1, 0.15) is 12.5 Å². The number of aryl methyl sites for hydroxylation is 1. The normalized spacial score (nSPS) is 11.4. The summed E-state index contributed by atoms with van der Waals surface area (Å²) in [6.45, 7) is 4.16. The zero-order valence-corrected chi connectivity index (χ0v) is 17.8. The topological polar surface area (TPSA) is 120 Å². The van der Waals surface area contributed by atoms with Crippen LogP contribution < -0.4 is 15.2 Å². The number of pyridine rings is 1. The van der Waals surface area contributed by atoms with Crippen molar-refractivity contribution in [3.8, 4) is 17.1 Å². The third kappa shape index (κ3) is 4.41. The number of nitrogens with zero attached hydrogens (tertiary/aromatic N) is 3. The molecule has 0 saturated carbocycles. The number of sulfonamides is 1. The number of hydrogen-bond donors (Lipinski definition) is 2. The molecule has 4 aromatic rings. The number of nitrogen functional groups attached to an aromatic ring is 1. The van der Waals surface area contributed by atoms with Gasteiger partial charge in [-0.1, -0.05) is 29.8 Å². The van der Waals surface area contributed by atoms with E-state index in [9.17, 15) is 8.42 Å². The molecule has 9 heteroatoms. The van der Waals surface area contributed by atoms with Gasteiger partial charge in [-0.15, -0.1) is 0 Å². The minimum atomic E-state index is -3.71. The third-order valence-corrected chi connectivity index (χ3v) is 5.95. The van der Waals surface area contributed by atoms with Crippen LogP contribution in [0.15, 0.2) is 65.6 Å². The van der Waals surface area contributed by atoms with Crippen molar-refractivity contribution >= 4 is 32.7 Å². The van der Waals surface area contributed by atoms with E-state index < -0.39 is 10.0 Å². The second-order valence-electron chi connectivity index (χ2n) is 6.88. The Bertz CT molecular complexity index is 1360. The highest BCUT2D eigenvalue weighted by Gasteiger charge is 2.15. The molecule has 8 nitrogen and oxygen atoms in total. The van der Waals surface area contributed by atoms with Crippen LogP contribution in [-0.2, 0) is 10.0 Å².